The van der Waals surface area contributed by atoms with Crippen LogP contribution in [0.2, 0.25) is 0 Å². The maximum Gasteiger partial charge on any atom is 0.254 e. The lowest BCUT2D eigenvalue weighted by molar-refractivity contribution is -0.0246. The molecule has 122 valence electrons. The summed E-state index contributed by atoms with van der Waals surface area (Å²) in [4.78, 5) is 18.8. The zero-order valence-electron chi connectivity index (χ0n) is 12.8. The van der Waals surface area contributed by atoms with Gasteiger partial charge in [-0.25, -0.2) is 4.98 Å². The summed E-state index contributed by atoms with van der Waals surface area (Å²) in [5.74, 6) is 0.383. The summed E-state index contributed by atoms with van der Waals surface area (Å²) in [5.41, 5.74) is 8.45. The Bertz CT molecular complexity index is 893. The Kier molecular flexibility index (Phi) is 3.58. The molecule has 0 unspecified atom stereocenters. The Morgan fingerprint density at radius 1 is 1.25 bits per heavy atom. The van der Waals surface area contributed by atoms with Crippen molar-refractivity contribution in [3.8, 4) is 0 Å². The second-order valence-corrected chi connectivity index (χ2v) is 5.63. The lowest BCUT2D eigenvalue weighted by atomic mass is 10.1. The fourth-order valence-electron chi connectivity index (χ4n) is 2.82. The number of carbonyl (C=O) groups is 1. The fraction of sp³-hybridized carbons (Fsp3) is 0.250. The van der Waals surface area contributed by atoms with Crippen molar-refractivity contribution in [2.45, 2.75) is 6.10 Å². The number of hydrogen-bond donors (Lipinski definition) is 2. The number of aromatic nitrogens is 4. The molecule has 3 heterocycles. The normalized spacial score (nSPS) is 18.0. The summed E-state index contributed by atoms with van der Waals surface area (Å²) in [7, 11) is 0. The van der Waals surface area contributed by atoms with Crippen molar-refractivity contribution in [1.82, 2.24) is 25.3 Å². The molecule has 2 aromatic heterocycles. The van der Waals surface area contributed by atoms with E-state index in [2.05, 4.69) is 20.4 Å². The number of nitrogen functional groups attached to an aromatic ring is 1. The van der Waals surface area contributed by atoms with Gasteiger partial charge in [0.25, 0.3) is 5.91 Å². The first-order chi connectivity index (χ1) is 11.7. The number of nitrogens with one attached hydrogen (secondary N) is 1. The molecule has 8 heteroatoms. The van der Waals surface area contributed by atoms with Crippen LogP contribution in [0.4, 0.5) is 5.82 Å². The molecule has 0 radical (unpaired) electrons. The van der Waals surface area contributed by atoms with Crippen LogP contribution in [-0.4, -0.2) is 50.9 Å². The third-order valence-corrected chi connectivity index (χ3v) is 4.04. The average Bonchev–Trinajstić information content (AvgIpc) is 3.09. The van der Waals surface area contributed by atoms with E-state index >= 15 is 0 Å². The van der Waals surface area contributed by atoms with Crippen molar-refractivity contribution < 1.29 is 9.53 Å². The number of benzene rings is 1. The van der Waals surface area contributed by atoms with Gasteiger partial charge in [-0.05, 0) is 30.3 Å². The van der Waals surface area contributed by atoms with Gasteiger partial charge in [0, 0.05) is 12.1 Å². The average molecular weight is 324 g/mol. The van der Waals surface area contributed by atoms with Crippen LogP contribution in [0.15, 0.2) is 36.4 Å². The molecule has 1 aromatic carbocycles. The van der Waals surface area contributed by atoms with E-state index in [1.54, 1.807) is 29.2 Å². The molecule has 0 bridgehead atoms. The quantitative estimate of drug-likeness (QED) is 0.731. The number of nitrogens with zero attached hydrogens (tertiary/aromatic N) is 4. The van der Waals surface area contributed by atoms with Crippen molar-refractivity contribution in [3.63, 3.8) is 0 Å². The highest BCUT2D eigenvalue weighted by molar-refractivity contribution is 5.97. The van der Waals surface area contributed by atoms with E-state index in [9.17, 15) is 4.79 Å². The smallest absolute Gasteiger partial charge is 0.254 e. The Hall–Kier alpha value is -3.00. The van der Waals surface area contributed by atoms with Gasteiger partial charge in [0.1, 0.15) is 23.0 Å². The molecule has 0 spiro atoms. The van der Waals surface area contributed by atoms with Gasteiger partial charge >= 0.3 is 0 Å². The van der Waals surface area contributed by atoms with E-state index in [1.807, 2.05) is 12.1 Å². The van der Waals surface area contributed by atoms with Crippen LogP contribution < -0.4 is 5.73 Å². The van der Waals surface area contributed by atoms with Crippen molar-refractivity contribution in [2.24, 2.45) is 0 Å². The minimum Gasteiger partial charge on any atom is -0.384 e. The molecule has 1 aliphatic heterocycles. The lowest BCUT2D eigenvalue weighted by Gasteiger charge is -2.32. The molecule has 0 aliphatic carbocycles. The minimum absolute atomic E-state index is 0.0582. The summed E-state index contributed by atoms with van der Waals surface area (Å²) in [6.07, 6.45) is -0.276. The van der Waals surface area contributed by atoms with Crippen LogP contribution in [-0.2, 0) is 4.74 Å². The van der Waals surface area contributed by atoms with E-state index in [0.29, 0.717) is 36.6 Å². The number of pyridine rings is 1. The number of fused-ring (bicyclic) bond motifs is 1. The molecule has 1 aliphatic rings. The standard InChI is InChI=1S/C16H16N6O2/c17-15-3-1-2-12(18-15)14-9-22(6-7-24-14)16(23)10-4-5-11-13(8-10)20-21-19-11/h1-5,8,14H,6-7,9H2,(H2,17,18)(H,19,20,21)/t14-/m1/s1. The van der Waals surface area contributed by atoms with Crippen LogP contribution in [0, 0.1) is 0 Å². The minimum atomic E-state index is -0.276. The first-order valence-corrected chi connectivity index (χ1v) is 7.64. The number of rotatable bonds is 2. The molecular formula is C16H16N6O2. The molecule has 3 aromatic rings. The van der Waals surface area contributed by atoms with Crippen molar-refractivity contribution in [3.05, 3.63) is 47.7 Å². The molecule has 1 saturated heterocycles. The lowest BCUT2D eigenvalue weighted by Crippen LogP contribution is -2.42. The van der Waals surface area contributed by atoms with E-state index in [-0.39, 0.29) is 12.0 Å². The van der Waals surface area contributed by atoms with Gasteiger partial charge in [0.2, 0.25) is 0 Å². The van der Waals surface area contributed by atoms with E-state index in [4.69, 9.17) is 10.5 Å². The number of carbonyl (C=O) groups excluding carboxylic acids is 1. The predicted molar refractivity (Wildman–Crippen MR) is 87.1 cm³/mol. The Morgan fingerprint density at radius 2 is 2.12 bits per heavy atom. The molecular weight excluding hydrogens is 308 g/mol. The molecule has 1 fully saturated rings. The highest BCUT2D eigenvalue weighted by Gasteiger charge is 2.27. The van der Waals surface area contributed by atoms with Crippen LogP contribution in [0.3, 0.4) is 0 Å². The van der Waals surface area contributed by atoms with Crippen LogP contribution in [0.1, 0.15) is 22.2 Å². The second-order valence-electron chi connectivity index (χ2n) is 5.63. The van der Waals surface area contributed by atoms with Crippen molar-refractivity contribution >= 4 is 22.8 Å². The zero-order chi connectivity index (χ0) is 16.5. The number of morpholine rings is 1. The number of nitrogens with two attached hydrogens (primary N) is 1. The maximum atomic E-state index is 12.8. The van der Waals surface area contributed by atoms with Crippen LogP contribution >= 0.6 is 0 Å². The SMILES string of the molecule is Nc1cccc([C@H]2CN(C(=O)c3ccc4n[nH]nc4c3)CCO2)n1. The van der Waals surface area contributed by atoms with E-state index < -0.39 is 0 Å². The molecule has 8 nitrogen and oxygen atoms in total. The van der Waals surface area contributed by atoms with E-state index in [1.165, 1.54) is 0 Å². The topological polar surface area (TPSA) is 110 Å². The summed E-state index contributed by atoms with van der Waals surface area (Å²) in [6, 6.07) is 10.7. The van der Waals surface area contributed by atoms with E-state index in [0.717, 1.165) is 11.2 Å². The zero-order valence-corrected chi connectivity index (χ0v) is 12.8. The molecule has 3 N–H and O–H groups in total. The molecule has 4 rings (SSSR count). The molecule has 1 atom stereocenters. The van der Waals surface area contributed by atoms with Gasteiger partial charge in [-0.3, -0.25) is 4.79 Å². The van der Waals surface area contributed by atoms with Gasteiger partial charge in [-0.1, -0.05) is 6.07 Å². The summed E-state index contributed by atoms with van der Waals surface area (Å²) in [5, 5.41) is 10.6. The number of hydrogen-bond acceptors (Lipinski definition) is 6. The number of anilines is 1. The Labute approximate surface area is 137 Å². The molecule has 0 saturated carbocycles. The largest absolute Gasteiger partial charge is 0.384 e. The fourth-order valence-corrected chi connectivity index (χ4v) is 2.82. The highest BCUT2D eigenvalue weighted by Crippen LogP contribution is 2.23. The van der Waals surface area contributed by atoms with Crippen LogP contribution in [0.5, 0.6) is 0 Å². The number of aromatic amines is 1. The first kappa shape index (κ1) is 14.6. The number of ether oxygens (including phenoxy) is 1. The number of H-pyrrole nitrogens is 1. The van der Waals surface area contributed by atoms with Gasteiger partial charge in [0.15, 0.2) is 0 Å². The van der Waals surface area contributed by atoms with Gasteiger partial charge in [-0.15, -0.1) is 0 Å². The maximum absolute atomic E-state index is 12.8. The first-order valence-electron chi connectivity index (χ1n) is 7.64. The van der Waals surface area contributed by atoms with Crippen molar-refractivity contribution in [1.29, 1.82) is 0 Å². The third kappa shape index (κ3) is 2.67. The summed E-state index contributed by atoms with van der Waals surface area (Å²) in [6.45, 7) is 1.43. The monoisotopic (exact) mass is 324 g/mol. The molecule has 24 heavy (non-hydrogen) atoms. The van der Waals surface area contributed by atoms with Gasteiger partial charge < -0.3 is 15.4 Å². The highest BCUT2D eigenvalue weighted by atomic mass is 16.5. The third-order valence-electron chi connectivity index (χ3n) is 4.04. The van der Waals surface area contributed by atoms with Crippen molar-refractivity contribution in [2.75, 3.05) is 25.4 Å². The summed E-state index contributed by atoms with van der Waals surface area (Å²) < 4.78 is 5.75. The van der Waals surface area contributed by atoms with Gasteiger partial charge in [-0.2, -0.15) is 15.4 Å². The Morgan fingerprint density at radius 3 is 3.00 bits per heavy atom. The number of amides is 1. The second kappa shape index (κ2) is 5.89. The Balaban J connectivity index is 1.55. The van der Waals surface area contributed by atoms with Crippen LogP contribution in [0.25, 0.3) is 11.0 Å². The van der Waals surface area contributed by atoms with Gasteiger partial charge in [0.05, 0.1) is 18.8 Å². The summed E-state index contributed by atoms with van der Waals surface area (Å²) >= 11 is 0. The predicted octanol–water partition coefficient (Wildman–Crippen LogP) is 1.15. The molecule has 1 amide bonds.